The first kappa shape index (κ1) is 17.2. The van der Waals surface area contributed by atoms with Crippen LogP contribution in [0.3, 0.4) is 0 Å². The van der Waals surface area contributed by atoms with Crippen molar-refractivity contribution in [2.45, 2.75) is 18.2 Å². The van der Waals surface area contributed by atoms with Gasteiger partial charge in [0.2, 0.25) is 0 Å². The SMILES string of the molecule is CSc1ccc(Oc2cncc(Cc3ccnc(N)c3F)c2C)cc1. The number of nitrogens with zero attached hydrogens (tertiary/aromatic N) is 2. The van der Waals surface area contributed by atoms with E-state index in [1.165, 1.54) is 11.1 Å². The molecule has 0 aliphatic heterocycles. The minimum atomic E-state index is -0.485. The number of nitrogens with two attached hydrogens (primary N) is 1. The average Bonchev–Trinajstić information content (AvgIpc) is 2.63. The number of rotatable bonds is 5. The Hall–Kier alpha value is -2.60. The highest BCUT2D eigenvalue weighted by atomic mass is 32.2. The fraction of sp³-hybridized carbons (Fsp3) is 0.158. The smallest absolute Gasteiger partial charge is 0.168 e. The first-order valence-corrected chi connectivity index (χ1v) is 8.95. The van der Waals surface area contributed by atoms with Gasteiger partial charge >= 0.3 is 0 Å². The van der Waals surface area contributed by atoms with E-state index in [1.54, 1.807) is 30.2 Å². The lowest BCUT2D eigenvalue weighted by atomic mass is 10.0. The van der Waals surface area contributed by atoms with Crippen LogP contribution in [0.4, 0.5) is 10.2 Å². The Bertz CT molecular complexity index is 884. The molecule has 128 valence electrons. The summed E-state index contributed by atoms with van der Waals surface area (Å²) >= 11 is 1.67. The topological polar surface area (TPSA) is 61.0 Å². The predicted molar refractivity (Wildman–Crippen MR) is 98.7 cm³/mol. The Labute approximate surface area is 150 Å². The maximum absolute atomic E-state index is 14.1. The third-order valence-corrected chi connectivity index (χ3v) is 4.68. The molecule has 0 amide bonds. The monoisotopic (exact) mass is 355 g/mol. The number of anilines is 1. The van der Waals surface area contributed by atoms with Gasteiger partial charge < -0.3 is 10.5 Å². The summed E-state index contributed by atoms with van der Waals surface area (Å²) in [5.74, 6) is 0.807. The molecule has 4 nitrogen and oxygen atoms in total. The van der Waals surface area contributed by atoms with Crippen LogP contribution in [0.5, 0.6) is 11.5 Å². The van der Waals surface area contributed by atoms with E-state index in [0.29, 0.717) is 17.7 Å². The van der Waals surface area contributed by atoms with Crippen molar-refractivity contribution in [3.8, 4) is 11.5 Å². The zero-order valence-electron chi connectivity index (χ0n) is 14.0. The summed E-state index contributed by atoms with van der Waals surface area (Å²) < 4.78 is 20.0. The summed E-state index contributed by atoms with van der Waals surface area (Å²) in [5.41, 5.74) is 7.82. The number of hydrogen-bond acceptors (Lipinski definition) is 5. The van der Waals surface area contributed by atoms with Crippen molar-refractivity contribution < 1.29 is 9.13 Å². The van der Waals surface area contributed by atoms with E-state index < -0.39 is 5.82 Å². The number of nitrogen functional groups attached to an aromatic ring is 1. The summed E-state index contributed by atoms with van der Waals surface area (Å²) in [5, 5.41) is 0. The van der Waals surface area contributed by atoms with Crippen molar-refractivity contribution in [1.82, 2.24) is 9.97 Å². The molecule has 1 aromatic carbocycles. The van der Waals surface area contributed by atoms with E-state index in [-0.39, 0.29) is 5.82 Å². The summed E-state index contributed by atoms with van der Waals surface area (Å²) in [7, 11) is 0. The third-order valence-electron chi connectivity index (χ3n) is 3.94. The van der Waals surface area contributed by atoms with E-state index >= 15 is 0 Å². The van der Waals surface area contributed by atoms with Gasteiger partial charge in [0.25, 0.3) is 0 Å². The molecule has 2 N–H and O–H groups in total. The molecule has 2 heterocycles. The van der Waals surface area contributed by atoms with E-state index in [2.05, 4.69) is 9.97 Å². The molecule has 0 spiro atoms. The molecule has 0 saturated heterocycles. The number of pyridine rings is 2. The van der Waals surface area contributed by atoms with Gasteiger partial charge in [-0.1, -0.05) is 0 Å². The first-order valence-electron chi connectivity index (χ1n) is 7.72. The maximum atomic E-state index is 14.1. The summed E-state index contributed by atoms with van der Waals surface area (Å²) in [6.45, 7) is 1.94. The molecule has 0 fully saturated rings. The zero-order valence-corrected chi connectivity index (χ0v) is 14.8. The van der Waals surface area contributed by atoms with Crippen LogP contribution in [0, 0.1) is 12.7 Å². The van der Waals surface area contributed by atoms with Crippen LogP contribution >= 0.6 is 11.8 Å². The summed E-state index contributed by atoms with van der Waals surface area (Å²) in [4.78, 5) is 9.15. The summed E-state index contributed by atoms with van der Waals surface area (Å²) in [6.07, 6.45) is 7.29. The lowest BCUT2D eigenvalue weighted by Crippen LogP contribution is -2.02. The number of halogens is 1. The van der Waals surface area contributed by atoms with Crippen molar-refractivity contribution in [3.63, 3.8) is 0 Å². The van der Waals surface area contributed by atoms with Crippen molar-refractivity contribution >= 4 is 17.6 Å². The fourth-order valence-corrected chi connectivity index (χ4v) is 2.85. The number of hydrogen-bond donors (Lipinski definition) is 1. The highest BCUT2D eigenvalue weighted by molar-refractivity contribution is 7.98. The first-order chi connectivity index (χ1) is 12.1. The van der Waals surface area contributed by atoms with E-state index in [9.17, 15) is 4.39 Å². The standard InChI is InChI=1S/C19H18FN3OS/c1-12-14(9-13-7-8-23-19(21)18(13)20)10-22-11-17(12)24-15-3-5-16(25-2)6-4-15/h3-8,10-11H,9H2,1-2H3,(H2,21,23). The second-order valence-electron chi connectivity index (χ2n) is 5.55. The van der Waals surface area contributed by atoms with Gasteiger partial charge in [0, 0.05) is 23.7 Å². The molecule has 0 unspecified atom stereocenters. The number of benzene rings is 1. The Balaban J connectivity index is 1.85. The zero-order chi connectivity index (χ0) is 17.8. The Morgan fingerprint density at radius 3 is 2.60 bits per heavy atom. The third kappa shape index (κ3) is 3.91. The van der Waals surface area contributed by atoms with Crippen LogP contribution in [-0.2, 0) is 6.42 Å². The molecular weight excluding hydrogens is 337 g/mol. The highest BCUT2D eigenvalue weighted by Crippen LogP contribution is 2.29. The predicted octanol–water partition coefficient (Wildman–Crippen LogP) is 4.61. The molecule has 0 saturated carbocycles. The van der Waals surface area contributed by atoms with Gasteiger partial charge in [0.1, 0.15) is 11.5 Å². The van der Waals surface area contributed by atoms with Gasteiger partial charge in [-0.25, -0.2) is 9.37 Å². The van der Waals surface area contributed by atoms with Gasteiger partial charge in [-0.15, -0.1) is 11.8 Å². The second-order valence-corrected chi connectivity index (χ2v) is 6.43. The molecule has 0 bridgehead atoms. The van der Waals surface area contributed by atoms with Crippen molar-refractivity contribution in [2.24, 2.45) is 0 Å². The molecule has 3 rings (SSSR count). The highest BCUT2D eigenvalue weighted by Gasteiger charge is 2.12. The molecule has 0 aliphatic carbocycles. The number of thioether (sulfide) groups is 1. The van der Waals surface area contributed by atoms with Crippen molar-refractivity contribution in [2.75, 3.05) is 12.0 Å². The Morgan fingerprint density at radius 1 is 1.12 bits per heavy atom. The normalized spacial score (nSPS) is 10.7. The van der Waals surface area contributed by atoms with Crippen molar-refractivity contribution in [3.05, 3.63) is 71.4 Å². The van der Waals surface area contributed by atoms with Gasteiger partial charge in [0.15, 0.2) is 11.6 Å². The lowest BCUT2D eigenvalue weighted by molar-refractivity contribution is 0.475. The van der Waals surface area contributed by atoms with Gasteiger partial charge in [-0.2, -0.15) is 0 Å². The molecule has 0 aliphatic rings. The van der Waals surface area contributed by atoms with E-state index in [1.807, 2.05) is 37.4 Å². The molecular formula is C19H18FN3OS. The molecule has 0 atom stereocenters. The Kier molecular flexibility index (Phi) is 5.19. The number of aromatic nitrogens is 2. The number of ether oxygens (including phenoxy) is 1. The molecule has 6 heteroatoms. The van der Waals surface area contributed by atoms with Crippen LogP contribution in [0.15, 0.2) is 53.8 Å². The quantitative estimate of drug-likeness (QED) is 0.677. The fourth-order valence-electron chi connectivity index (χ4n) is 2.44. The molecule has 3 aromatic rings. The van der Waals surface area contributed by atoms with Crippen molar-refractivity contribution in [1.29, 1.82) is 0 Å². The van der Waals surface area contributed by atoms with E-state index in [4.69, 9.17) is 10.5 Å². The van der Waals surface area contributed by atoms with Crippen LogP contribution in [0.25, 0.3) is 0 Å². The largest absolute Gasteiger partial charge is 0.455 e. The second kappa shape index (κ2) is 7.53. The van der Waals surface area contributed by atoms with Crippen LogP contribution in [-0.4, -0.2) is 16.2 Å². The minimum absolute atomic E-state index is 0.0931. The van der Waals surface area contributed by atoms with Crippen LogP contribution in [0.2, 0.25) is 0 Å². The van der Waals surface area contributed by atoms with E-state index in [0.717, 1.165) is 16.9 Å². The molecule has 0 radical (unpaired) electrons. The van der Waals surface area contributed by atoms with Gasteiger partial charge in [-0.3, -0.25) is 4.98 Å². The summed E-state index contributed by atoms with van der Waals surface area (Å²) in [6, 6.07) is 9.46. The van der Waals surface area contributed by atoms with Gasteiger partial charge in [-0.05, 0) is 60.2 Å². The minimum Gasteiger partial charge on any atom is -0.455 e. The lowest BCUT2D eigenvalue weighted by Gasteiger charge is -2.13. The maximum Gasteiger partial charge on any atom is 0.168 e. The molecule has 2 aromatic heterocycles. The van der Waals surface area contributed by atoms with Crippen LogP contribution < -0.4 is 10.5 Å². The van der Waals surface area contributed by atoms with Gasteiger partial charge in [0.05, 0.1) is 6.20 Å². The Morgan fingerprint density at radius 2 is 1.88 bits per heavy atom. The van der Waals surface area contributed by atoms with Crippen LogP contribution in [0.1, 0.15) is 16.7 Å². The average molecular weight is 355 g/mol. The molecule has 25 heavy (non-hydrogen) atoms.